The number of esters is 1. The molecule has 0 unspecified atom stereocenters. The molecule has 0 amide bonds. The molecule has 0 atom stereocenters. The molecule has 0 bridgehead atoms. The zero-order valence-corrected chi connectivity index (χ0v) is 12.2. The fourth-order valence-corrected chi connectivity index (χ4v) is 1.69. The summed E-state index contributed by atoms with van der Waals surface area (Å²) in [6.45, 7) is 4.18. The molecule has 112 valence electrons. The lowest BCUT2D eigenvalue weighted by atomic mass is 10.1. The number of nitrogens with two attached hydrogens (primary N) is 1. The van der Waals surface area contributed by atoms with E-state index >= 15 is 0 Å². The van der Waals surface area contributed by atoms with E-state index in [1.54, 1.807) is 13.2 Å². The summed E-state index contributed by atoms with van der Waals surface area (Å²) in [7, 11) is 2.97. The molecule has 0 spiro atoms. The summed E-state index contributed by atoms with van der Waals surface area (Å²) in [4.78, 5) is 11.6. The van der Waals surface area contributed by atoms with Crippen molar-refractivity contribution in [1.82, 2.24) is 0 Å². The molecule has 0 saturated carbocycles. The van der Waals surface area contributed by atoms with Gasteiger partial charge in [0.25, 0.3) is 0 Å². The normalized spacial score (nSPS) is 10.3. The second-order valence-corrected chi connectivity index (χ2v) is 4.28. The van der Waals surface area contributed by atoms with E-state index in [0.29, 0.717) is 37.6 Å². The van der Waals surface area contributed by atoms with Crippen LogP contribution in [0.25, 0.3) is 0 Å². The quantitative estimate of drug-likeness (QED) is 0.426. The second-order valence-electron chi connectivity index (χ2n) is 4.28. The number of rotatable bonds is 8. The van der Waals surface area contributed by atoms with E-state index in [0.717, 1.165) is 11.3 Å². The van der Waals surface area contributed by atoms with Crippen molar-refractivity contribution in [3.63, 3.8) is 0 Å². The minimum atomic E-state index is -0.439. The van der Waals surface area contributed by atoms with Crippen molar-refractivity contribution in [3.05, 3.63) is 23.3 Å². The first-order chi connectivity index (χ1) is 9.60. The predicted molar refractivity (Wildman–Crippen MR) is 78.1 cm³/mol. The van der Waals surface area contributed by atoms with Gasteiger partial charge in [-0.15, -0.1) is 0 Å². The maximum Gasteiger partial charge on any atom is 0.340 e. The molecule has 1 aromatic carbocycles. The summed E-state index contributed by atoms with van der Waals surface area (Å²) >= 11 is 0. The molecule has 0 aliphatic heterocycles. The molecule has 6 heteroatoms. The summed E-state index contributed by atoms with van der Waals surface area (Å²) in [6.07, 6.45) is 0. The smallest absolute Gasteiger partial charge is 0.340 e. The van der Waals surface area contributed by atoms with E-state index in [4.69, 9.17) is 19.9 Å². The van der Waals surface area contributed by atoms with Crippen molar-refractivity contribution < 1.29 is 19.0 Å². The van der Waals surface area contributed by atoms with Gasteiger partial charge in [-0.2, -0.15) is 0 Å². The molecule has 0 heterocycles. The van der Waals surface area contributed by atoms with Crippen molar-refractivity contribution in [2.24, 2.45) is 0 Å². The van der Waals surface area contributed by atoms with Gasteiger partial charge in [-0.05, 0) is 24.6 Å². The molecule has 1 rings (SSSR count). The first-order valence-corrected chi connectivity index (χ1v) is 6.39. The van der Waals surface area contributed by atoms with E-state index in [-0.39, 0.29) is 0 Å². The Morgan fingerprint density at radius 2 is 2.00 bits per heavy atom. The Balaban J connectivity index is 2.58. The third-order valence-electron chi connectivity index (χ3n) is 2.80. The summed E-state index contributed by atoms with van der Waals surface area (Å²) in [5, 5.41) is 3.18. The number of carbonyl (C=O) groups is 1. The Morgan fingerprint density at radius 1 is 1.25 bits per heavy atom. The summed E-state index contributed by atoms with van der Waals surface area (Å²) in [5.41, 5.74) is 8.33. The number of anilines is 2. The van der Waals surface area contributed by atoms with Crippen molar-refractivity contribution in [3.8, 4) is 0 Å². The maximum absolute atomic E-state index is 11.6. The zero-order valence-electron chi connectivity index (χ0n) is 12.2. The summed E-state index contributed by atoms with van der Waals surface area (Å²) < 4.78 is 14.9. The fourth-order valence-electron chi connectivity index (χ4n) is 1.69. The SMILES string of the molecule is COCCOCCNc1cc(C)c(N)c(C(=O)OC)c1. The van der Waals surface area contributed by atoms with Crippen LogP contribution in [-0.4, -0.2) is 46.6 Å². The van der Waals surface area contributed by atoms with Crippen LogP contribution in [0.15, 0.2) is 12.1 Å². The summed E-state index contributed by atoms with van der Waals surface area (Å²) in [5.74, 6) is -0.439. The van der Waals surface area contributed by atoms with Crippen LogP contribution in [0.1, 0.15) is 15.9 Å². The highest BCUT2D eigenvalue weighted by Crippen LogP contribution is 2.23. The standard InChI is InChI=1S/C14H22N2O4/c1-10-8-11(16-4-5-20-7-6-18-2)9-12(13(10)15)14(17)19-3/h8-9,16H,4-7,15H2,1-3H3. The monoisotopic (exact) mass is 282 g/mol. The largest absolute Gasteiger partial charge is 0.465 e. The number of hydrogen-bond acceptors (Lipinski definition) is 6. The lowest BCUT2D eigenvalue weighted by molar-refractivity contribution is 0.0602. The molecule has 20 heavy (non-hydrogen) atoms. The van der Waals surface area contributed by atoms with Gasteiger partial charge < -0.3 is 25.3 Å². The molecule has 0 saturated heterocycles. The molecule has 0 radical (unpaired) electrons. The Hall–Kier alpha value is -1.79. The highest BCUT2D eigenvalue weighted by atomic mass is 16.5. The number of ether oxygens (including phenoxy) is 3. The van der Waals surface area contributed by atoms with Gasteiger partial charge >= 0.3 is 5.97 Å². The molecule has 0 fully saturated rings. The second kappa shape index (κ2) is 8.39. The number of aryl methyl sites for hydroxylation is 1. The summed E-state index contributed by atoms with van der Waals surface area (Å²) in [6, 6.07) is 3.57. The maximum atomic E-state index is 11.6. The van der Waals surface area contributed by atoms with Crippen LogP contribution in [0, 0.1) is 6.92 Å². The molecular formula is C14H22N2O4. The van der Waals surface area contributed by atoms with Crippen LogP contribution in [0.4, 0.5) is 11.4 Å². The van der Waals surface area contributed by atoms with Gasteiger partial charge in [0.2, 0.25) is 0 Å². The third-order valence-corrected chi connectivity index (χ3v) is 2.80. The van der Waals surface area contributed by atoms with E-state index in [1.165, 1.54) is 7.11 Å². The number of benzene rings is 1. The molecule has 0 aromatic heterocycles. The van der Waals surface area contributed by atoms with Crippen LogP contribution >= 0.6 is 0 Å². The molecule has 3 N–H and O–H groups in total. The molecule has 0 aliphatic rings. The van der Waals surface area contributed by atoms with E-state index in [9.17, 15) is 4.79 Å². The lowest BCUT2D eigenvalue weighted by Gasteiger charge is -2.12. The van der Waals surface area contributed by atoms with Gasteiger partial charge in [-0.25, -0.2) is 4.79 Å². The molecular weight excluding hydrogens is 260 g/mol. The predicted octanol–water partition coefficient (Wildman–Crippen LogP) is 1.44. The van der Waals surface area contributed by atoms with Crippen LogP contribution in [-0.2, 0) is 14.2 Å². The van der Waals surface area contributed by atoms with Crippen molar-refractivity contribution in [2.75, 3.05) is 51.6 Å². The average Bonchev–Trinajstić information content (AvgIpc) is 2.45. The van der Waals surface area contributed by atoms with Gasteiger partial charge in [0, 0.05) is 25.0 Å². The highest BCUT2D eigenvalue weighted by Gasteiger charge is 2.13. The van der Waals surface area contributed by atoms with Crippen molar-refractivity contribution in [1.29, 1.82) is 0 Å². The van der Waals surface area contributed by atoms with Gasteiger partial charge in [0.1, 0.15) is 0 Å². The number of methoxy groups -OCH3 is 2. The number of nitrogens with one attached hydrogen (secondary N) is 1. The van der Waals surface area contributed by atoms with Crippen LogP contribution < -0.4 is 11.1 Å². The minimum Gasteiger partial charge on any atom is -0.465 e. The van der Waals surface area contributed by atoms with Gasteiger partial charge in [-0.3, -0.25) is 0 Å². The van der Waals surface area contributed by atoms with Gasteiger partial charge in [-0.1, -0.05) is 0 Å². The zero-order chi connectivity index (χ0) is 15.0. The molecule has 0 aliphatic carbocycles. The number of hydrogen-bond donors (Lipinski definition) is 2. The minimum absolute atomic E-state index is 0.371. The Labute approximate surface area is 119 Å². The topological polar surface area (TPSA) is 82.8 Å². The van der Waals surface area contributed by atoms with E-state index in [2.05, 4.69) is 5.32 Å². The van der Waals surface area contributed by atoms with Crippen LogP contribution in [0.5, 0.6) is 0 Å². The highest BCUT2D eigenvalue weighted by molar-refractivity contribution is 5.97. The number of carbonyl (C=O) groups excluding carboxylic acids is 1. The molecule has 1 aromatic rings. The first-order valence-electron chi connectivity index (χ1n) is 6.39. The Morgan fingerprint density at radius 3 is 2.65 bits per heavy atom. The van der Waals surface area contributed by atoms with E-state index < -0.39 is 5.97 Å². The fraction of sp³-hybridized carbons (Fsp3) is 0.500. The van der Waals surface area contributed by atoms with Gasteiger partial charge in [0.05, 0.1) is 32.5 Å². The van der Waals surface area contributed by atoms with Crippen LogP contribution in [0.2, 0.25) is 0 Å². The third kappa shape index (κ3) is 4.71. The van der Waals surface area contributed by atoms with Crippen molar-refractivity contribution in [2.45, 2.75) is 6.92 Å². The lowest BCUT2D eigenvalue weighted by Crippen LogP contribution is -2.13. The van der Waals surface area contributed by atoms with Gasteiger partial charge in [0.15, 0.2) is 0 Å². The Kier molecular flexibility index (Phi) is 6.83. The first kappa shape index (κ1) is 16.3. The Bertz CT molecular complexity index is 449. The van der Waals surface area contributed by atoms with Crippen LogP contribution in [0.3, 0.4) is 0 Å². The molecule has 6 nitrogen and oxygen atoms in total. The van der Waals surface area contributed by atoms with E-state index in [1.807, 2.05) is 13.0 Å². The average molecular weight is 282 g/mol. The number of nitrogen functional groups attached to an aromatic ring is 1. The van der Waals surface area contributed by atoms with Crippen molar-refractivity contribution >= 4 is 17.3 Å².